The molecule has 0 amide bonds. The van der Waals surface area contributed by atoms with Crippen LogP contribution in [0.2, 0.25) is 0 Å². The van der Waals surface area contributed by atoms with Crippen molar-refractivity contribution in [3.8, 4) is 0 Å². The number of halogens is 6. The molecule has 0 unspecified atom stereocenters. The van der Waals surface area contributed by atoms with Crippen molar-refractivity contribution in [2.45, 2.75) is 39.0 Å². The quantitative estimate of drug-likeness (QED) is 0.499. The first-order valence-electron chi connectivity index (χ1n) is 5.70. The second-order valence-electron chi connectivity index (χ2n) is 5.00. The molecule has 0 rings (SSSR count). The molecule has 2 nitrogen and oxygen atoms in total. The predicted molar refractivity (Wildman–Crippen MR) is 56.8 cm³/mol. The summed E-state index contributed by atoms with van der Waals surface area (Å²) in [5.74, 6) is 0. The van der Waals surface area contributed by atoms with Gasteiger partial charge >= 0.3 is 12.4 Å². The second kappa shape index (κ2) is 7.33. The van der Waals surface area contributed by atoms with Crippen LogP contribution < -0.4 is 0 Å². The highest BCUT2D eigenvalue weighted by molar-refractivity contribution is 4.67. The molecule has 19 heavy (non-hydrogen) atoms. The van der Waals surface area contributed by atoms with Crippen molar-refractivity contribution in [2.24, 2.45) is 5.41 Å². The van der Waals surface area contributed by atoms with Crippen LogP contribution in [-0.2, 0) is 9.47 Å². The molecule has 0 saturated heterocycles. The summed E-state index contributed by atoms with van der Waals surface area (Å²) in [6.45, 7) is 2.36. The average Bonchev–Trinajstić information content (AvgIpc) is 2.17. The lowest BCUT2D eigenvalue weighted by Crippen LogP contribution is -2.27. The van der Waals surface area contributed by atoms with Crippen molar-refractivity contribution in [1.82, 2.24) is 0 Å². The molecule has 0 aromatic heterocycles. The molecular formula is C11H18F6O2. The minimum atomic E-state index is -4.27. The van der Waals surface area contributed by atoms with Crippen LogP contribution in [0, 0.1) is 5.41 Å². The summed E-state index contributed by atoms with van der Waals surface area (Å²) in [5, 5.41) is 0. The summed E-state index contributed by atoms with van der Waals surface area (Å²) < 4.78 is 80.6. The van der Waals surface area contributed by atoms with E-state index >= 15 is 0 Å². The maximum atomic E-state index is 11.8. The Morgan fingerprint density at radius 2 is 1.00 bits per heavy atom. The van der Waals surface area contributed by atoms with Crippen LogP contribution in [0.5, 0.6) is 0 Å². The average molecular weight is 296 g/mol. The Hall–Kier alpha value is -0.500. The van der Waals surface area contributed by atoms with Crippen molar-refractivity contribution in [3.63, 3.8) is 0 Å². The summed E-state index contributed by atoms with van der Waals surface area (Å²) in [6, 6.07) is 0. The molecule has 116 valence electrons. The topological polar surface area (TPSA) is 18.5 Å². The number of hydrogen-bond donors (Lipinski definition) is 0. The Labute approximate surface area is 108 Å². The van der Waals surface area contributed by atoms with Gasteiger partial charge in [0.15, 0.2) is 0 Å². The van der Waals surface area contributed by atoms with Gasteiger partial charge in [-0.25, -0.2) is 0 Å². The highest BCUT2D eigenvalue weighted by atomic mass is 19.4. The first kappa shape index (κ1) is 18.5. The van der Waals surface area contributed by atoms with Gasteiger partial charge in [0.1, 0.15) is 0 Å². The van der Waals surface area contributed by atoms with Gasteiger partial charge in [-0.1, -0.05) is 13.8 Å². The number of rotatable bonds is 8. The molecule has 0 aromatic carbocycles. The maximum Gasteiger partial charge on any atom is 0.391 e. The van der Waals surface area contributed by atoms with Gasteiger partial charge in [0.05, 0.1) is 39.3 Å². The van der Waals surface area contributed by atoms with Gasteiger partial charge in [0.2, 0.25) is 0 Å². The van der Waals surface area contributed by atoms with Crippen molar-refractivity contribution < 1.29 is 35.8 Å². The Morgan fingerprint density at radius 1 is 0.684 bits per heavy atom. The number of ether oxygens (including phenoxy) is 2. The van der Waals surface area contributed by atoms with E-state index in [0.717, 1.165) is 0 Å². The lowest BCUT2D eigenvalue weighted by molar-refractivity contribution is -0.151. The summed E-state index contributed by atoms with van der Waals surface area (Å²) >= 11 is 0. The van der Waals surface area contributed by atoms with Gasteiger partial charge in [-0.15, -0.1) is 0 Å². The largest absolute Gasteiger partial charge is 0.391 e. The van der Waals surface area contributed by atoms with Crippen LogP contribution in [0.4, 0.5) is 26.3 Å². The van der Waals surface area contributed by atoms with Crippen molar-refractivity contribution in [3.05, 3.63) is 0 Å². The van der Waals surface area contributed by atoms with E-state index < -0.39 is 43.8 Å². The molecule has 0 aliphatic carbocycles. The third kappa shape index (κ3) is 13.7. The zero-order valence-electron chi connectivity index (χ0n) is 10.8. The van der Waals surface area contributed by atoms with Gasteiger partial charge in [-0.05, 0) is 0 Å². The molecule has 8 heteroatoms. The Bertz CT molecular complexity index is 223. The van der Waals surface area contributed by atoms with E-state index in [0.29, 0.717) is 0 Å². The predicted octanol–water partition coefficient (Wildman–Crippen LogP) is 3.95. The Morgan fingerprint density at radius 3 is 1.26 bits per heavy atom. The van der Waals surface area contributed by atoms with Crippen molar-refractivity contribution in [1.29, 1.82) is 0 Å². The van der Waals surface area contributed by atoms with Gasteiger partial charge in [-0.3, -0.25) is 0 Å². The SMILES string of the molecule is CC(C)(COCCC(F)(F)F)COCCC(F)(F)F. The molecule has 0 bridgehead atoms. The minimum Gasteiger partial charge on any atom is -0.380 e. The van der Waals surface area contributed by atoms with Gasteiger partial charge in [-0.2, -0.15) is 26.3 Å². The highest BCUT2D eigenvalue weighted by Gasteiger charge is 2.28. The van der Waals surface area contributed by atoms with E-state index in [4.69, 9.17) is 9.47 Å². The maximum absolute atomic E-state index is 11.8. The molecule has 0 aliphatic heterocycles. The third-order valence-corrected chi connectivity index (χ3v) is 2.05. The molecule has 0 spiro atoms. The fraction of sp³-hybridized carbons (Fsp3) is 1.00. The van der Waals surface area contributed by atoms with Crippen LogP contribution in [0.3, 0.4) is 0 Å². The fourth-order valence-corrected chi connectivity index (χ4v) is 1.11. The zero-order valence-corrected chi connectivity index (χ0v) is 10.8. The Kier molecular flexibility index (Phi) is 7.13. The zero-order chi connectivity index (χ0) is 15.2. The summed E-state index contributed by atoms with van der Waals surface area (Å²) in [6.07, 6.45) is -10.6. The normalized spacial score (nSPS) is 13.9. The first-order valence-corrected chi connectivity index (χ1v) is 5.70. The molecule has 0 atom stereocenters. The van der Waals surface area contributed by atoms with E-state index in [9.17, 15) is 26.3 Å². The van der Waals surface area contributed by atoms with E-state index in [-0.39, 0.29) is 13.2 Å². The first-order chi connectivity index (χ1) is 8.41. The standard InChI is InChI=1S/C11H18F6O2/c1-9(2,7-18-5-3-10(12,13)14)8-19-6-4-11(15,16)17/h3-8H2,1-2H3. The monoisotopic (exact) mass is 296 g/mol. The van der Waals surface area contributed by atoms with E-state index in [1.165, 1.54) is 0 Å². The van der Waals surface area contributed by atoms with Crippen molar-refractivity contribution >= 4 is 0 Å². The number of alkyl halides is 6. The van der Waals surface area contributed by atoms with Crippen LogP contribution in [0.15, 0.2) is 0 Å². The Balaban J connectivity index is 3.69. The molecule has 0 heterocycles. The molecular weight excluding hydrogens is 278 g/mol. The van der Waals surface area contributed by atoms with Crippen LogP contribution >= 0.6 is 0 Å². The highest BCUT2D eigenvalue weighted by Crippen LogP contribution is 2.22. The second-order valence-corrected chi connectivity index (χ2v) is 5.00. The van der Waals surface area contributed by atoms with Crippen LogP contribution in [0.25, 0.3) is 0 Å². The van der Waals surface area contributed by atoms with Gasteiger partial charge in [0.25, 0.3) is 0 Å². The van der Waals surface area contributed by atoms with Crippen molar-refractivity contribution in [2.75, 3.05) is 26.4 Å². The molecule has 0 fully saturated rings. The summed E-state index contributed by atoms with van der Waals surface area (Å²) in [4.78, 5) is 0. The molecule has 0 N–H and O–H groups in total. The molecule has 0 aliphatic rings. The third-order valence-electron chi connectivity index (χ3n) is 2.05. The van der Waals surface area contributed by atoms with E-state index in [1.807, 2.05) is 0 Å². The molecule has 0 saturated carbocycles. The lowest BCUT2D eigenvalue weighted by atomic mass is 9.96. The summed E-state index contributed by atoms with van der Waals surface area (Å²) in [5.41, 5.74) is -0.628. The van der Waals surface area contributed by atoms with E-state index in [1.54, 1.807) is 13.8 Å². The van der Waals surface area contributed by atoms with E-state index in [2.05, 4.69) is 0 Å². The van der Waals surface area contributed by atoms with Gasteiger partial charge < -0.3 is 9.47 Å². The smallest absolute Gasteiger partial charge is 0.380 e. The molecule has 0 radical (unpaired) electrons. The lowest BCUT2D eigenvalue weighted by Gasteiger charge is -2.24. The van der Waals surface area contributed by atoms with Gasteiger partial charge in [0, 0.05) is 5.41 Å². The van der Waals surface area contributed by atoms with Crippen LogP contribution in [-0.4, -0.2) is 38.8 Å². The fourth-order valence-electron chi connectivity index (χ4n) is 1.11. The number of hydrogen-bond acceptors (Lipinski definition) is 2. The molecule has 0 aromatic rings. The summed E-state index contributed by atoms with van der Waals surface area (Å²) in [7, 11) is 0. The minimum absolute atomic E-state index is 0.00486. The van der Waals surface area contributed by atoms with Crippen LogP contribution in [0.1, 0.15) is 26.7 Å².